The van der Waals surface area contributed by atoms with Gasteiger partial charge < -0.3 is 15.0 Å². The lowest BCUT2D eigenvalue weighted by Gasteiger charge is -2.12. The third-order valence-corrected chi connectivity index (χ3v) is 5.13. The molecule has 2 N–H and O–H groups in total. The summed E-state index contributed by atoms with van der Waals surface area (Å²) in [5.41, 5.74) is 3.87. The fraction of sp³-hybridized carbons (Fsp3) is 0.130. The van der Waals surface area contributed by atoms with Gasteiger partial charge in [0.15, 0.2) is 0 Å². The highest BCUT2D eigenvalue weighted by atomic mass is 19.1. The van der Waals surface area contributed by atoms with E-state index >= 15 is 0 Å². The van der Waals surface area contributed by atoms with Gasteiger partial charge in [-0.3, -0.25) is 9.69 Å². The Morgan fingerprint density at radius 1 is 1.07 bits per heavy atom. The molecule has 30 heavy (non-hydrogen) atoms. The van der Waals surface area contributed by atoms with Crippen molar-refractivity contribution in [2.75, 3.05) is 0 Å². The predicted octanol–water partition coefficient (Wildman–Crippen LogP) is 4.03. The van der Waals surface area contributed by atoms with Crippen LogP contribution in [0.3, 0.4) is 0 Å². The number of phenolic OH excluding ortho intramolecular Hbond substituents is 1. The molecular weight excluding hydrogens is 385 g/mol. The summed E-state index contributed by atoms with van der Waals surface area (Å²) in [5, 5.41) is 12.1. The van der Waals surface area contributed by atoms with E-state index in [9.17, 15) is 19.1 Å². The minimum absolute atomic E-state index is 0.138. The van der Waals surface area contributed by atoms with Gasteiger partial charge in [-0.25, -0.2) is 9.18 Å². The Morgan fingerprint density at radius 3 is 2.47 bits per heavy atom. The third-order valence-electron chi connectivity index (χ3n) is 5.13. The van der Waals surface area contributed by atoms with Crippen LogP contribution in [0.25, 0.3) is 11.8 Å². The average molecular weight is 405 g/mol. The Bertz CT molecular complexity index is 1180. The van der Waals surface area contributed by atoms with E-state index in [2.05, 4.69) is 5.32 Å². The zero-order chi connectivity index (χ0) is 21.4. The number of amides is 3. The number of rotatable bonds is 4. The van der Waals surface area contributed by atoms with Gasteiger partial charge in [-0.15, -0.1) is 0 Å². The minimum Gasteiger partial charge on any atom is -0.508 e. The smallest absolute Gasteiger partial charge is 0.329 e. The van der Waals surface area contributed by atoms with Crippen LogP contribution in [-0.2, 0) is 11.3 Å². The Labute approximate surface area is 172 Å². The van der Waals surface area contributed by atoms with Gasteiger partial charge in [0.25, 0.3) is 5.91 Å². The van der Waals surface area contributed by atoms with Crippen LogP contribution in [0.15, 0.2) is 60.3 Å². The van der Waals surface area contributed by atoms with Gasteiger partial charge >= 0.3 is 6.03 Å². The lowest BCUT2D eigenvalue weighted by atomic mass is 10.2. The number of halogens is 1. The zero-order valence-electron chi connectivity index (χ0n) is 16.5. The molecule has 152 valence electrons. The van der Waals surface area contributed by atoms with E-state index in [0.717, 1.165) is 27.5 Å². The van der Waals surface area contributed by atoms with Crippen molar-refractivity contribution in [3.8, 4) is 11.4 Å². The van der Waals surface area contributed by atoms with Crippen LogP contribution < -0.4 is 5.32 Å². The second-order valence-corrected chi connectivity index (χ2v) is 7.15. The quantitative estimate of drug-likeness (QED) is 0.508. The number of aryl methyl sites for hydroxylation is 1. The van der Waals surface area contributed by atoms with Crippen LogP contribution in [0, 0.1) is 19.7 Å². The Morgan fingerprint density at radius 2 is 1.77 bits per heavy atom. The summed E-state index contributed by atoms with van der Waals surface area (Å²) in [6, 6.07) is 14.2. The second kappa shape index (κ2) is 7.51. The summed E-state index contributed by atoms with van der Waals surface area (Å²) >= 11 is 0. The van der Waals surface area contributed by atoms with Crippen molar-refractivity contribution < 1.29 is 19.1 Å². The first-order chi connectivity index (χ1) is 14.3. The molecule has 1 aliphatic heterocycles. The zero-order valence-corrected chi connectivity index (χ0v) is 16.5. The Balaban J connectivity index is 1.63. The first-order valence-corrected chi connectivity index (χ1v) is 9.41. The maximum atomic E-state index is 13.9. The number of urea groups is 1. The largest absolute Gasteiger partial charge is 0.508 e. The van der Waals surface area contributed by atoms with Gasteiger partial charge in [-0.1, -0.05) is 18.2 Å². The summed E-state index contributed by atoms with van der Waals surface area (Å²) in [6.45, 7) is 3.70. The van der Waals surface area contributed by atoms with Crippen LogP contribution >= 0.6 is 0 Å². The highest BCUT2D eigenvalue weighted by molar-refractivity contribution is 6.14. The summed E-state index contributed by atoms with van der Waals surface area (Å²) in [5.74, 6) is -0.788. The van der Waals surface area contributed by atoms with Crippen LogP contribution in [0.2, 0.25) is 0 Å². The molecule has 0 radical (unpaired) electrons. The first-order valence-electron chi connectivity index (χ1n) is 9.41. The molecule has 1 saturated heterocycles. The van der Waals surface area contributed by atoms with Crippen molar-refractivity contribution in [3.63, 3.8) is 0 Å². The van der Waals surface area contributed by atoms with E-state index < -0.39 is 17.8 Å². The van der Waals surface area contributed by atoms with Gasteiger partial charge in [0.1, 0.15) is 17.3 Å². The summed E-state index contributed by atoms with van der Waals surface area (Å²) in [7, 11) is 0. The fourth-order valence-electron chi connectivity index (χ4n) is 3.60. The van der Waals surface area contributed by atoms with E-state index in [0.29, 0.717) is 0 Å². The topological polar surface area (TPSA) is 74.6 Å². The van der Waals surface area contributed by atoms with E-state index in [1.807, 2.05) is 24.5 Å². The van der Waals surface area contributed by atoms with Gasteiger partial charge in [0.05, 0.1) is 6.54 Å². The van der Waals surface area contributed by atoms with E-state index in [1.54, 1.807) is 48.5 Å². The second-order valence-electron chi connectivity index (χ2n) is 7.15. The van der Waals surface area contributed by atoms with E-state index in [-0.39, 0.29) is 23.6 Å². The normalized spacial score (nSPS) is 15.2. The van der Waals surface area contributed by atoms with Crippen molar-refractivity contribution in [2.45, 2.75) is 20.4 Å². The number of carbonyl (C=O) groups excluding carboxylic acids is 2. The molecule has 1 aliphatic rings. The molecule has 1 aromatic heterocycles. The van der Waals surface area contributed by atoms with Gasteiger partial charge in [0.2, 0.25) is 0 Å². The van der Waals surface area contributed by atoms with Crippen LogP contribution in [-0.4, -0.2) is 26.5 Å². The molecule has 6 nitrogen and oxygen atoms in total. The summed E-state index contributed by atoms with van der Waals surface area (Å²) in [6.07, 6.45) is 1.63. The monoisotopic (exact) mass is 405 g/mol. The Hall–Kier alpha value is -3.87. The molecule has 0 saturated carbocycles. The SMILES string of the molecule is Cc1cc(/C=C2/NC(=O)N(Cc3ccccc3F)C2=O)c(C)n1-c1ccc(O)cc1. The maximum absolute atomic E-state index is 13.9. The number of nitrogens with one attached hydrogen (secondary N) is 1. The van der Waals surface area contributed by atoms with Crippen LogP contribution in [0.5, 0.6) is 5.75 Å². The third kappa shape index (κ3) is 3.45. The number of nitrogens with zero attached hydrogens (tertiary/aromatic N) is 2. The molecule has 2 heterocycles. The number of imide groups is 1. The van der Waals surface area contributed by atoms with Crippen molar-refractivity contribution in [1.82, 2.24) is 14.8 Å². The summed E-state index contributed by atoms with van der Waals surface area (Å²) < 4.78 is 15.9. The van der Waals surface area contributed by atoms with Crippen LogP contribution in [0.4, 0.5) is 9.18 Å². The van der Waals surface area contributed by atoms with Gasteiger partial charge in [-0.05, 0) is 61.9 Å². The lowest BCUT2D eigenvalue weighted by molar-refractivity contribution is -0.123. The molecular formula is C23H20FN3O3. The van der Waals surface area contributed by atoms with Crippen molar-refractivity contribution >= 4 is 18.0 Å². The lowest BCUT2D eigenvalue weighted by Crippen LogP contribution is -2.30. The summed E-state index contributed by atoms with van der Waals surface area (Å²) in [4.78, 5) is 26.1. The number of aromatic nitrogens is 1. The minimum atomic E-state index is -0.582. The van der Waals surface area contributed by atoms with E-state index in [4.69, 9.17) is 0 Å². The number of carbonyl (C=O) groups is 2. The molecule has 0 unspecified atom stereocenters. The first kappa shape index (κ1) is 19.4. The van der Waals surface area contributed by atoms with Gasteiger partial charge in [-0.2, -0.15) is 0 Å². The highest BCUT2D eigenvalue weighted by Gasteiger charge is 2.34. The highest BCUT2D eigenvalue weighted by Crippen LogP contribution is 2.25. The average Bonchev–Trinajstić information content (AvgIpc) is 3.14. The molecule has 4 rings (SSSR count). The number of benzene rings is 2. The molecule has 3 amide bonds. The molecule has 0 spiro atoms. The molecule has 2 aromatic carbocycles. The molecule has 7 heteroatoms. The maximum Gasteiger partial charge on any atom is 0.329 e. The molecule has 0 aliphatic carbocycles. The standard InChI is InChI=1S/C23H20FN3O3/c1-14-11-17(15(2)27(14)18-7-9-19(28)10-8-18)12-21-22(29)26(23(30)25-21)13-16-5-3-4-6-20(16)24/h3-12,28H,13H2,1-2H3,(H,25,30)/b21-12+. The number of aromatic hydroxyl groups is 1. The number of hydrogen-bond acceptors (Lipinski definition) is 3. The molecule has 3 aromatic rings. The van der Waals surface area contributed by atoms with Crippen LogP contribution in [0.1, 0.15) is 22.5 Å². The molecule has 0 atom stereocenters. The predicted molar refractivity (Wildman–Crippen MR) is 110 cm³/mol. The number of phenols is 1. The van der Waals surface area contributed by atoms with E-state index in [1.165, 1.54) is 6.07 Å². The van der Waals surface area contributed by atoms with Crippen molar-refractivity contribution in [1.29, 1.82) is 0 Å². The molecule has 0 bridgehead atoms. The van der Waals surface area contributed by atoms with Crippen molar-refractivity contribution in [3.05, 3.63) is 88.6 Å². The van der Waals surface area contributed by atoms with Gasteiger partial charge in [0, 0.05) is 22.6 Å². The Kier molecular flexibility index (Phi) is 4.87. The molecule has 1 fully saturated rings. The van der Waals surface area contributed by atoms with Crippen molar-refractivity contribution in [2.24, 2.45) is 0 Å². The number of hydrogen-bond donors (Lipinski definition) is 2. The fourth-order valence-corrected chi connectivity index (χ4v) is 3.60.